The van der Waals surface area contributed by atoms with Crippen molar-refractivity contribution in [2.45, 2.75) is 0 Å². The SMILES string of the molecule is O=C1/C(=C\c2ccc(N(c3ccccc3)c3ccccn3)s2)C(=O)c2cc3ccc#cc3cc21. The van der Waals surface area contributed by atoms with E-state index in [0.29, 0.717) is 11.1 Å². The maximum absolute atomic E-state index is 13.1. The summed E-state index contributed by atoms with van der Waals surface area (Å²) < 4.78 is 0. The van der Waals surface area contributed by atoms with E-state index >= 15 is 0 Å². The average molecular weight is 457 g/mol. The van der Waals surface area contributed by atoms with Crippen LogP contribution in [-0.2, 0) is 0 Å². The lowest BCUT2D eigenvalue weighted by molar-refractivity contribution is 0.0990. The average Bonchev–Trinajstić information content (AvgIpc) is 3.43. The summed E-state index contributed by atoms with van der Waals surface area (Å²) in [5, 5.41) is 2.58. The van der Waals surface area contributed by atoms with Crippen LogP contribution in [0.3, 0.4) is 0 Å². The van der Waals surface area contributed by atoms with E-state index in [1.807, 2.05) is 66.7 Å². The number of Topliss-reactive ketones (excluding diaryl/α,β-unsaturated/α-hetero) is 2. The van der Waals surface area contributed by atoms with Crippen molar-refractivity contribution in [3.63, 3.8) is 0 Å². The number of carbonyl (C=O) groups excluding carboxylic acids is 2. The van der Waals surface area contributed by atoms with Gasteiger partial charge in [-0.15, -0.1) is 11.3 Å². The maximum atomic E-state index is 13.1. The Morgan fingerprint density at radius 3 is 2.44 bits per heavy atom. The molecule has 0 bridgehead atoms. The van der Waals surface area contributed by atoms with Crippen molar-refractivity contribution in [2.24, 2.45) is 0 Å². The highest BCUT2D eigenvalue weighted by Gasteiger charge is 2.33. The third kappa shape index (κ3) is 3.38. The Morgan fingerprint density at radius 2 is 1.65 bits per heavy atom. The Kier molecular flexibility index (Phi) is 4.80. The van der Waals surface area contributed by atoms with E-state index in [0.717, 1.165) is 32.2 Å². The van der Waals surface area contributed by atoms with Crippen LogP contribution in [0, 0.1) is 12.1 Å². The smallest absolute Gasteiger partial charge is 0.197 e. The molecule has 0 unspecified atom stereocenters. The predicted molar refractivity (Wildman–Crippen MR) is 135 cm³/mol. The molecule has 3 aromatic carbocycles. The number of para-hydroxylation sites is 1. The number of pyridine rings is 1. The van der Waals surface area contributed by atoms with Crippen LogP contribution in [0.25, 0.3) is 16.8 Å². The summed E-state index contributed by atoms with van der Waals surface area (Å²) in [6, 6.07) is 32.7. The minimum Gasteiger partial charge on any atom is -0.288 e. The second-order valence-electron chi connectivity index (χ2n) is 7.84. The zero-order valence-electron chi connectivity index (χ0n) is 17.9. The normalized spacial score (nSPS) is 13.8. The number of benzene rings is 2. The van der Waals surface area contributed by atoms with Gasteiger partial charge in [0, 0.05) is 33.3 Å². The number of nitrogens with zero attached hydrogens (tertiary/aromatic N) is 2. The molecule has 1 aliphatic rings. The van der Waals surface area contributed by atoms with E-state index in [4.69, 9.17) is 0 Å². The number of allylic oxidation sites excluding steroid dienone is 1. The molecule has 0 N–H and O–H groups in total. The molecule has 0 aliphatic heterocycles. The van der Waals surface area contributed by atoms with E-state index < -0.39 is 0 Å². The summed E-state index contributed by atoms with van der Waals surface area (Å²) >= 11 is 1.50. The van der Waals surface area contributed by atoms with Gasteiger partial charge in [-0.2, -0.15) is 0 Å². The fourth-order valence-corrected chi connectivity index (χ4v) is 5.11. The number of thiophene rings is 1. The monoisotopic (exact) mass is 456 g/mol. The fraction of sp³-hybridized carbons (Fsp3) is 0. The molecule has 0 fully saturated rings. The van der Waals surface area contributed by atoms with Crippen LogP contribution in [-0.4, -0.2) is 16.6 Å². The third-order valence-electron chi connectivity index (χ3n) is 5.73. The van der Waals surface area contributed by atoms with Crippen molar-refractivity contribution in [3.8, 4) is 0 Å². The van der Waals surface area contributed by atoms with E-state index in [1.54, 1.807) is 30.5 Å². The van der Waals surface area contributed by atoms with Crippen molar-refractivity contribution >= 4 is 56.3 Å². The highest BCUT2D eigenvalue weighted by Crippen LogP contribution is 2.39. The number of aromatic nitrogens is 1. The van der Waals surface area contributed by atoms with E-state index in [-0.39, 0.29) is 17.1 Å². The molecule has 5 aromatic rings. The van der Waals surface area contributed by atoms with Gasteiger partial charge in [-0.3, -0.25) is 14.5 Å². The summed E-state index contributed by atoms with van der Waals surface area (Å²) in [5.41, 5.74) is 2.03. The lowest BCUT2D eigenvalue weighted by Gasteiger charge is -2.22. The molecule has 0 spiro atoms. The first-order valence-electron chi connectivity index (χ1n) is 10.7. The first-order valence-corrected chi connectivity index (χ1v) is 11.5. The molecular weight excluding hydrogens is 440 g/mol. The molecule has 0 saturated carbocycles. The zero-order valence-corrected chi connectivity index (χ0v) is 18.7. The molecule has 0 atom stereocenters. The molecule has 0 radical (unpaired) electrons. The zero-order chi connectivity index (χ0) is 23.1. The van der Waals surface area contributed by atoms with Crippen molar-refractivity contribution in [3.05, 3.63) is 125 Å². The largest absolute Gasteiger partial charge is 0.288 e. The van der Waals surface area contributed by atoms with Crippen molar-refractivity contribution in [2.75, 3.05) is 4.90 Å². The molecule has 0 saturated heterocycles. The summed E-state index contributed by atoms with van der Waals surface area (Å²) in [7, 11) is 0. The minimum atomic E-state index is -0.251. The topological polar surface area (TPSA) is 50.3 Å². The summed E-state index contributed by atoms with van der Waals surface area (Å²) in [4.78, 5) is 33.6. The van der Waals surface area contributed by atoms with Gasteiger partial charge in [0.25, 0.3) is 0 Å². The predicted octanol–water partition coefficient (Wildman–Crippen LogP) is 6.83. The fourth-order valence-electron chi connectivity index (χ4n) is 4.13. The lowest BCUT2D eigenvalue weighted by Crippen LogP contribution is -2.09. The molecule has 1 aliphatic carbocycles. The molecule has 6 rings (SSSR count). The first kappa shape index (κ1) is 20.1. The van der Waals surface area contributed by atoms with Gasteiger partial charge < -0.3 is 0 Å². The number of hydrogen-bond acceptors (Lipinski definition) is 5. The number of ketones is 2. The van der Waals surface area contributed by atoms with E-state index in [9.17, 15) is 9.59 Å². The maximum Gasteiger partial charge on any atom is 0.197 e. The van der Waals surface area contributed by atoms with E-state index in [2.05, 4.69) is 22.0 Å². The van der Waals surface area contributed by atoms with Crippen LogP contribution in [0.15, 0.2) is 96.7 Å². The molecular formula is C29H16N2O2S. The van der Waals surface area contributed by atoms with Crippen LogP contribution in [0.5, 0.6) is 0 Å². The summed E-state index contributed by atoms with van der Waals surface area (Å²) in [5.74, 6) is 0.294. The van der Waals surface area contributed by atoms with Gasteiger partial charge >= 0.3 is 0 Å². The standard InChI is InChI=1S/C29H16N2O2S/c32-28-23-16-19-8-4-5-9-20(19)17-24(23)29(33)25(28)18-22-13-14-27(34-22)31(21-10-2-1-3-11-21)26-12-6-7-15-30-26/h1-4,6-8,10-18H/b25-18-. The van der Waals surface area contributed by atoms with Crippen LogP contribution in [0.2, 0.25) is 0 Å². The molecule has 2 heterocycles. The molecule has 4 nitrogen and oxygen atoms in total. The second-order valence-corrected chi connectivity index (χ2v) is 8.93. The highest BCUT2D eigenvalue weighted by molar-refractivity contribution is 7.17. The number of fused-ring (bicyclic) bond motifs is 2. The van der Waals surface area contributed by atoms with Crippen LogP contribution < -0.4 is 4.90 Å². The van der Waals surface area contributed by atoms with Gasteiger partial charge in [0.2, 0.25) is 0 Å². The van der Waals surface area contributed by atoms with Crippen LogP contribution in [0.1, 0.15) is 25.6 Å². The van der Waals surface area contributed by atoms with E-state index in [1.165, 1.54) is 11.3 Å². The Bertz CT molecular complexity index is 1490. The summed E-state index contributed by atoms with van der Waals surface area (Å²) in [6.07, 6.45) is 3.45. The minimum absolute atomic E-state index is 0.187. The third-order valence-corrected chi connectivity index (χ3v) is 6.75. The Labute approximate surface area is 200 Å². The van der Waals surface area contributed by atoms with Gasteiger partial charge in [-0.05, 0) is 72.1 Å². The quantitative estimate of drug-likeness (QED) is 0.220. The summed E-state index contributed by atoms with van der Waals surface area (Å²) in [6.45, 7) is 0. The number of hydrogen-bond donors (Lipinski definition) is 0. The second kappa shape index (κ2) is 8.11. The number of anilines is 3. The lowest BCUT2D eigenvalue weighted by atomic mass is 10.0. The number of carbonyl (C=O) groups is 2. The molecule has 5 heteroatoms. The Balaban J connectivity index is 1.39. The van der Waals surface area contributed by atoms with Crippen molar-refractivity contribution in [1.82, 2.24) is 4.98 Å². The number of rotatable bonds is 4. The molecule has 2 aromatic heterocycles. The van der Waals surface area contributed by atoms with Gasteiger partial charge in [-0.1, -0.05) is 36.4 Å². The van der Waals surface area contributed by atoms with Crippen LogP contribution >= 0.6 is 11.3 Å². The van der Waals surface area contributed by atoms with Gasteiger partial charge in [-0.25, -0.2) is 4.98 Å². The Hall–Kier alpha value is -4.53. The van der Waals surface area contributed by atoms with Gasteiger partial charge in [0.1, 0.15) is 10.8 Å². The molecule has 34 heavy (non-hydrogen) atoms. The highest BCUT2D eigenvalue weighted by atomic mass is 32.1. The Morgan fingerprint density at radius 1 is 0.853 bits per heavy atom. The first-order chi connectivity index (χ1) is 16.7. The van der Waals surface area contributed by atoms with Crippen LogP contribution in [0.4, 0.5) is 16.5 Å². The van der Waals surface area contributed by atoms with Crippen molar-refractivity contribution < 1.29 is 9.59 Å². The molecule has 160 valence electrons. The van der Waals surface area contributed by atoms with Crippen molar-refractivity contribution in [1.29, 1.82) is 0 Å². The van der Waals surface area contributed by atoms with Gasteiger partial charge in [0.15, 0.2) is 11.6 Å². The molecule has 0 amide bonds. The van der Waals surface area contributed by atoms with Gasteiger partial charge in [0.05, 0.1) is 5.57 Å².